The van der Waals surface area contributed by atoms with Gasteiger partial charge in [0.2, 0.25) is 0 Å². The number of hydrogen-bond donors (Lipinski definition) is 0. The molecule has 4 N–H and O–H groups in total. The first-order valence-corrected chi connectivity index (χ1v) is 6.35. The third-order valence-corrected chi connectivity index (χ3v) is 1.61. The molecule has 0 heterocycles. The Balaban J connectivity index is -0.000000464. The summed E-state index contributed by atoms with van der Waals surface area (Å²) in [6.45, 7) is 0. The number of halogens is 5. The van der Waals surface area contributed by atoms with Crippen molar-refractivity contribution in [2.75, 3.05) is 0 Å². The third kappa shape index (κ3) is 9.62. The van der Waals surface area contributed by atoms with Crippen molar-refractivity contribution in [3.63, 3.8) is 0 Å². The van der Waals surface area contributed by atoms with Gasteiger partial charge in [-0.1, -0.05) is 11.6 Å². The van der Waals surface area contributed by atoms with E-state index in [9.17, 15) is 13.2 Å². The van der Waals surface area contributed by atoms with E-state index in [0.29, 0.717) is 5.56 Å². The second-order valence-corrected chi connectivity index (χ2v) is 2.72. The standard InChI is InChI=1S/C9H5ClF3.BrH.2H2N.Ni/c10-8(9(11,12)13)6-7-4-2-1-3-5-7;;;;/h1-4,6H;1H;2*1H2;/q-1;;2*-1;+1/p-1/b8-6+;;;;. The quantitative estimate of drug-likeness (QED) is 0.432. The Morgan fingerprint density at radius 2 is 1.82 bits per heavy atom. The fraction of sp³-hybridized carbons (Fsp3) is 0.111. The van der Waals surface area contributed by atoms with Crippen molar-refractivity contribution in [2.45, 2.75) is 6.18 Å². The molecule has 0 radical (unpaired) electrons. The monoisotopic (exact) mass is 374 g/mol. The van der Waals surface area contributed by atoms with Crippen LogP contribution < -0.4 is 0 Å². The molecule has 0 spiro atoms. The molecular weight excluding hydrogens is 367 g/mol. The van der Waals surface area contributed by atoms with E-state index in [4.69, 9.17) is 11.6 Å². The molecule has 2 nitrogen and oxygen atoms in total. The van der Waals surface area contributed by atoms with Crippen LogP contribution in [0.4, 0.5) is 13.2 Å². The number of rotatable bonds is 1. The Hall–Kier alpha value is -0.0665. The predicted molar refractivity (Wildman–Crippen MR) is 64.7 cm³/mol. The summed E-state index contributed by atoms with van der Waals surface area (Å²) in [5, 5.41) is -1.14. The SMILES string of the molecule is FC(F)(F)/C(Cl)=C\c1[c-]cccc1.[NH2-].[NH2-].[Ni][Br]. The number of nitrogens with two attached hydrogens (primary N) is 2. The fourth-order valence-electron chi connectivity index (χ4n) is 0.715. The van der Waals surface area contributed by atoms with Crippen LogP contribution in [0.1, 0.15) is 5.56 Å². The van der Waals surface area contributed by atoms with E-state index in [1.807, 2.05) is 0 Å². The number of allylic oxidation sites excluding steroid dienone is 1. The molecule has 0 aliphatic rings. The summed E-state index contributed by atoms with van der Waals surface area (Å²) in [6, 6.07) is 8.90. The molecule has 1 rings (SSSR count). The summed E-state index contributed by atoms with van der Waals surface area (Å²) in [6.07, 6.45) is -3.65. The second kappa shape index (κ2) is 11.0. The zero-order valence-electron chi connectivity index (χ0n) is 8.25. The minimum atomic E-state index is -4.48. The molecule has 0 saturated carbocycles. The Morgan fingerprint density at radius 1 is 1.29 bits per heavy atom. The van der Waals surface area contributed by atoms with Crippen LogP contribution in [0.3, 0.4) is 0 Å². The molecule has 0 aromatic heterocycles. The summed E-state index contributed by atoms with van der Waals surface area (Å²) in [5.74, 6) is 0. The van der Waals surface area contributed by atoms with Crippen molar-refractivity contribution in [3.8, 4) is 0 Å². The van der Waals surface area contributed by atoms with Crippen molar-refractivity contribution >= 4 is 31.9 Å². The van der Waals surface area contributed by atoms with Crippen LogP contribution in [-0.4, -0.2) is 6.18 Å². The van der Waals surface area contributed by atoms with Crippen molar-refractivity contribution in [1.82, 2.24) is 0 Å². The first-order valence-electron chi connectivity index (χ1n) is 3.53. The topological polar surface area (TPSA) is 67.0 Å². The molecular formula is C9H9BrClF3N2Ni-3. The molecule has 0 atom stereocenters. The summed E-state index contributed by atoms with van der Waals surface area (Å²) < 4.78 is 35.8. The molecule has 0 aliphatic carbocycles. The van der Waals surface area contributed by atoms with Gasteiger partial charge in [0.25, 0.3) is 0 Å². The van der Waals surface area contributed by atoms with Gasteiger partial charge in [-0.3, -0.25) is 0 Å². The molecule has 0 amide bonds. The van der Waals surface area contributed by atoms with Gasteiger partial charge in [-0.25, -0.2) is 0 Å². The summed E-state index contributed by atoms with van der Waals surface area (Å²) in [4.78, 5) is 0. The van der Waals surface area contributed by atoms with Crippen LogP contribution >= 0.6 is 25.8 Å². The molecule has 0 unspecified atom stereocenters. The van der Waals surface area contributed by atoms with Crippen molar-refractivity contribution < 1.29 is 26.9 Å². The molecule has 8 heteroatoms. The van der Waals surface area contributed by atoms with E-state index in [1.165, 1.54) is 12.1 Å². The van der Waals surface area contributed by atoms with Gasteiger partial charge in [0.1, 0.15) is 0 Å². The van der Waals surface area contributed by atoms with Gasteiger partial charge in [-0.15, -0.1) is 42.0 Å². The average molecular weight is 376 g/mol. The summed E-state index contributed by atoms with van der Waals surface area (Å²) in [5.41, 5.74) is 0.310. The van der Waals surface area contributed by atoms with E-state index in [2.05, 4.69) is 34.0 Å². The van der Waals surface area contributed by atoms with Crippen molar-refractivity contribution in [1.29, 1.82) is 0 Å². The Labute approximate surface area is 118 Å². The van der Waals surface area contributed by atoms with Crippen LogP contribution in [0.25, 0.3) is 18.4 Å². The van der Waals surface area contributed by atoms with Gasteiger partial charge in [-0.2, -0.15) is 13.2 Å². The van der Waals surface area contributed by atoms with Gasteiger partial charge >= 0.3 is 34.1 Å². The maximum atomic E-state index is 11.9. The van der Waals surface area contributed by atoms with Crippen LogP contribution in [0.15, 0.2) is 29.3 Å². The maximum absolute atomic E-state index is 11.9. The first kappa shape index (κ1) is 22.1. The zero-order valence-corrected chi connectivity index (χ0v) is 11.6. The first-order chi connectivity index (χ1) is 7.00. The van der Waals surface area contributed by atoms with Gasteiger partial charge in [0.15, 0.2) is 0 Å². The van der Waals surface area contributed by atoms with E-state index < -0.39 is 11.2 Å². The molecule has 0 fully saturated rings. The van der Waals surface area contributed by atoms with Gasteiger partial charge < -0.3 is 12.3 Å². The molecule has 1 aromatic rings. The fourth-order valence-corrected chi connectivity index (χ4v) is 0.833. The number of benzene rings is 1. The molecule has 103 valence electrons. The molecule has 17 heavy (non-hydrogen) atoms. The van der Waals surface area contributed by atoms with E-state index in [1.54, 1.807) is 12.1 Å². The normalized spacial score (nSPS) is 10.4. The van der Waals surface area contributed by atoms with E-state index in [0.717, 1.165) is 6.08 Å². The third-order valence-electron chi connectivity index (χ3n) is 1.29. The number of alkyl halides is 3. The van der Waals surface area contributed by atoms with Crippen LogP contribution in [0, 0.1) is 6.07 Å². The molecule has 0 bridgehead atoms. The Kier molecular flexibility index (Phi) is 14.4. The van der Waals surface area contributed by atoms with E-state index in [-0.39, 0.29) is 12.3 Å². The number of hydrogen-bond acceptors (Lipinski definition) is 0. The molecule has 0 aliphatic heterocycles. The van der Waals surface area contributed by atoms with Crippen LogP contribution in [-0.2, 0) is 13.7 Å². The zero-order chi connectivity index (χ0) is 11.9. The predicted octanol–water partition coefficient (Wildman–Crippen LogP) is 5.91. The Bertz CT molecular complexity index is 320. The average Bonchev–Trinajstić information content (AvgIpc) is 2.21. The summed E-state index contributed by atoms with van der Waals surface area (Å²) in [7, 11) is 0. The van der Waals surface area contributed by atoms with Gasteiger partial charge in [0, 0.05) is 0 Å². The summed E-state index contributed by atoms with van der Waals surface area (Å²) >= 11 is 11.3. The van der Waals surface area contributed by atoms with Gasteiger partial charge in [0.05, 0.1) is 5.03 Å². The molecule has 0 saturated heterocycles. The Morgan fingerprint density at radius 3 is 2.18 bits per heavy atom. The van der Waals surface area contributed by atoms with Crippen molar-refractivity contribution in [2.24, 2.45) is 0 Å². The van der Waals surface area contributed by atoms with Gasteiger partial charge in [-0.05, 0) is 0 Å². The van der Waals surface area contributed by atoms with Crippen molar-refractivity contribution in [3.05, 3.63) is 53.2 Å². The second-order valence-electron chi connectivity index (χ2n) is 2.31. The molecule has 1 aromatic carbocycles. The minimum absolute atomic E-state index is 0. The van der Waals surface area contributed by atoms with Crippen LogP contribution in [0.5, 0.6) is 0 Å². The van der Waals surface area contributed by atoms with Crippen LogP contribution in [0.2, 0.25) is 0 Å². The van der Waals surface area contributed by atoms with E-state index >= 15 is 0 Å².